The molecule has 1 aliphatic heterocycles. The highest BCUT2D eigenvalue weighted by atomic mass is 31.2. The van der Waals surface area contributed by atoms with E-state index in [9.17, 15) is 14.2 Å². The van der Waals surface area contributed by atoms with Crippen LogP contribution in [0.4, 0.5) is 17.1 Å². The van der Waals surface area contributed by atoms with Gasteiger partial charge in [-0.25, -0.2) is 0 Å². The van der Waals surface area contributed by atoms with E-state index in [0.717, 1.165) is 29.9 Å². The molecule has 0 radical (unpaired) electrons. The summed E-state index contributed by atoms with van der Waals surface area (Å²) >= 11 is 0. The van der Waals surface area contributed by atoms with Crippen molar-refractivity contribution in [2.24, 2.45) is 0 Å². The molecule has 1 aliphatic rings. The van der Waals surface area contributed by atoms with Crippen molar-refractivity contribution in [3.8, 4) is 0 Å². The molecule has 0 spiro atoms. The summed E-state index contributed by atoms with van der Waals surface area (Å²) < 4.78 is 24.7. The number of amides is 2. The zero-order valence-corrected chi connectivity index (χ0v) is 25.7. The predicted molar refractivity (Wildman–Crippen MR) is 170 cm³/mol. The van der Waals surface area contributed by atoms with E-state index in [2.05, 4.69) is 15.5 Å². The van der Waals surface area contributed by atoms with Crippen molar-refractivity contribution in [1.29, 1.82) is 0 Å². The Morgan fingerprint density at radius 1 is 0.929 bits per heavy atom. The van der Waals surface area contributed by atoms with E-state index in [0.29, 0.717) is 34.4 Å². The molecular formula is C32H39N4O5P. The van der Waals surface area contributed by atoms with Crippen LogP contribution in [-0.2, 0) is 23.2 Å². The lowest BCUT2D eigenvalue weighted by atomic mass is 10.00. The Morgan fingerprint density at radius 3 is 2.19 bits per heavy atom. The van der Waals surface area contributed by atoms with Crippen LogP contribution in [-0.4, -0.2) is 57.1 Å². The highest BCUT2D eigenvalue weighted by Gasteiger charge is 2.33. The Bertz CT molecular complexity index is 1480. The van der Waals surface area contributed by atoms with Gasteiger partial charge in [-0.05, 0) is 88.9 Å². The van der Waals surface area contributed by atoms with Crippen LogP contribution in [0.1, 0.15) is 38.3 Å². The minimum absolute atomic E-state index is 0.0204. The maximum Gasteiger partial charge on any atom is 0.361 e. The molecule has 1 heterocycles. The first-order valence-electron chi connectivity index (χ1n) is 14.1. The molecule has 3 aromatic carbocycles. The lowest BCUT2D eigenvalue weighted by Crippen LogP contribution is -2.31. The molecule has 0 saturated heterocycles. The van der Waals surface area contributed by atoms with Crippen molar-refractivity contribution in [3.05, 3.63) is 83.9 Å². The molecule has 0 saturated carbocycles. The third kappa shape index (κ3) is 7.17. The van der Waals surface area contributed by atoms with Gasteiger partial charge in [0.05, 0.1) is 29.8 Å². The number of nitrogens with zero attached hydrogens (tertiary/aromatic N) is 2. The molecule has 2 amide bonds. The fraction of sp³-hybridized carbons (Fsp3) is 0.312. The molecule has 0 fully saturated rings. The zero-order valence-electron chi connectivity index (χ0n) is 24.8. The van der Waals surface area contributed by atoms with Crippen LogP contribution >= 0.6 is 7.60 Å². The topological polar surface area (TPSA) is 100 Å². The smallest absolute Gasteiger partial charge is 0.354 e. The fourth-order valence-corrected chi connectivity index (χ4v) is 6.46. The molecule has 3 aromatic rings. The van der Waals surface area contributed by atoms with Gasteiger partial charge in [0.2, 0.25) is 5.91 Å². The first-order valence-corrected chi connectivity index (χ1v) is 15.7. The monoisotopic (exact) mass is 590 g/mol. The number of carbonyl (C=O) groups excluding carboxylic acids is 2. The van der Waals surface area contributed by atoms with E-state index in [-0.39, 0.29) is 25.0 Å². The van der Waals surface area contributed by atoms with Crippen LogP contribution < -0.4 is 20.8 Å². The van der Waals surface area contributed by atoms with Crippen molar-refractivity contribution < 1.29 is 23.2 Å². The molecule has 0 unspecified atom stereocenters. The third-order valence-electron chi connectivity index (χ3n) is 6.79. The van der Waals surface area contributed by atoms with E-state index < -0.39 is 7.60 Å². The quantitative estimate of drug-likeness (QED) is 0.191. The average molecular weight is 591 g/mol. The van der Waals surface area contributed by atoms with E-state index in [1.54, 1.807) is 43.9 Å². The molecule has 4 rings (SSSR count). The van der Waals surface area contributed by atoms with Crippen LogP contribution in [0.2, 0.25) is 0 Å². The summed E-state index contributed by atoms with van der Waals surface area (Å²) in [6, 6.07) is 22.2. The Labute approximate surface area is 248 Å². The van der Waals surface area contributed by atoms with E-state index in [4.69, 9.17) is 9.05 Å². The van der Waals surface area contributed by atoms with Crippen LogP contribution in [0, 0.1) is 0 Å². The summed E-state index contributed by atoms with van der Waals surface area (Å²) in [6.45, 7) is 7.03. The van der Waals surface area contributed by atoms with Crippen LogP contribution in [0.5, 0.6) is 0 Å². The van der Waals surface area contributed by atoms with Gasteiger partial charge < -0.3 is 29.5 Å². The van der Waals surface area contributed by atoms with Gasteiger partial charge in [-0.2, -0.15) is 0 Å². The van der Waals surface area contributed by atoms with Crippen molar-refractivity contribution in [2.75, 3.05) is 55.9 Å². The van der Waals surface area contributed by atoms with Gasteiger partial charge in [-0.3, -0.25) is 14.2 Å². The van der Waals surface area contributed by atoms with E-state index >= 15 is 0 Å². The number of anilines is 3. The second-order valence-corrected chi connectivity index (χ2v) is 12.2. The van der Waals surface area contributed by atoms with Gasteiger partial charge in [0.1, 0.15) is 0 Å². The van der Waals surface area contributed by atoms with Crippen molar-refractivity contribution in [1.82, 2.24) is 4.90 Å². The second-order valence-electron chi connectivity index (χ2n) is 10.1. The van der Waals surface area contributed by atoms with E-state index in [1.165, 1.54) is 0 Å². The predicted octanol–water partition coefficient (Wildman–Crippen LogP) is 5.82. The number of rotatable bonds is 13. The summed E-state index contributed by atoms with van der Waals surface area (Å²) in [6.07, 6.45) is 0.854. The normalized spacial score (nSPS) is 14.0. The van der Waals surface area contributed by atoms with Gasteiger partial charge >= 0.3 is 7.60 Å². The van der Waals surface area contributed by atoms with E-state index in [1.807, 2.05) is 68.7 Å². The molecule has 10 heteroatoms. The molecular weight excluding hydrogens is 551 g/mol. The lowest BCUT2D eigenvalue weighted by molar-refractivity contribution is -0.116. The maximum atomic E-state index is 13.6. The molecule has 0 aliphatic carbocycles. The zero-order chi connectivity index (χ0) is 30.3. The number of hydrogen-bond acceptors (Lipinski definition) is 7. The minimum Gasteiger partial charge on any atom is -0.354 e. The first kappa shape index (κ1) is 31.2. The number of fused-ring (bicyclic) bond motifs is 1. The molecule has 0 atom stereocenters. The number of nitrogens with one attached hydrogen (secondary N) is 2. The Balaban J connectivity index is 1.74. The third-order valence-corrected chi connectivity index (χ3v) is 8.90. The molecule has 2 N–H and O–H groups in total. The van der Waals surface area contributed by atoms with Crippen molar-refractivity contribution in [2.45, 2.75) is 27.2 Å². The molecule has 0 aromatic heterocycles. The molecule has 42 heavy (non-hydrogen) atoms. The highest BCUT2D eigenvalue weighted by Crippen LogP contribution is 2.48. The van der Waals surface area contributed by atoms with Gasteiger partial charge in [-0.15, -0.1) is 0 Å². The summed E-state index contributed by atoms with van der Waals surface area (Å²) in [5.41, 5.74) is 4.56. The Morgan fingerprint density at radius 2 is 1.60 bits per heavy atom. The highest BCUT2D eigenvalue weighted by molar-refractivity contribution is 7.62. The van der Waals surface area contributed by atoms with Crippen LogP contribution in [0.3, 0.4) is 0 Å². The fourth-order valence-electron chi connectivity index (χ4n) is 4.87. The van der Waals surface area contributed by atoms with Gasteiger partial charge in [-0.1, -0.05) is 30.3 Å². The summed E-state index contributed by atoms with van der Waals surface area (Å²) in [5, 5.41) is 6.77. The largest absolute Gasteiger partial charge is 0.361 e. The molecule has 9 nitrogen and oxygen atoms in total. The molecule has 222 valence electrons. The van der Waals surface area contributed by atoms with Crippen molar-refractivity contribution >= 4 is 53.0 Å². The standard InChI is InChI=1S/C32H39N4O5P/c1-6-40-42(39,41-7-2)27-18-19-29-28(22-27)30(32(38)34-29)31(24-12-9-8-10-13-24)33-25-14-16-26(17-15-25)36(23(3)37)21-11-20-35(4)5/h8-10,12-19,22,33H,6-7,11,20-21H2,1-5H3,(H,34,38). The molecule has 0 bridgehead atoms. The summed E-state index contributed by atoms with van der Waals surface area (Å²) in [7, 11) is 0.450. The first-order chi connectivity index (χ1) is 20.2. The summed E-state index contributed by atoms with van der Waals surface area (Å²) in [4.78, 5) is 29.7. The maximum absolute atomic E-state index is 13.6. The SMILES string of the molecule is CCOP(=O)(OCC)c1ccc2c(c1)C(=C(Nc1ccc(N(CCCN(C)C)C(C)=O)cc1)c1ccccc1)C(=O)N2. The van der Waals surface area contributed by atoms with Crippen LogP contribution in [0.25, 0.3) is 11.3 Å². The average Bonchev–Trinajstić information content (AvgIpc) is 3.29. The van der Waals surface area contributed by atoms with Crippen LogP contribution in [0.15, 0.2) is 72.8 Å². The summed E-state index contributed by atoms with van der Waals surface area (Å²) in [5.74, 6) is -0.301. The number of carbonyl (C=O) groups is 2. The van der Waals surface area contributed by atoms with Crippen molar-refractivity contribution in [3.63, 3.8) is 0 Å². The Kier molecular flexibility index (Phi) is 10.4. The van der Waals surface area contributed by atoms with Gasteiger partial charge in [0.25, 0.3) is 5.91 Å². The minimum atomic E-state index is -3.57. The number of hydrogen-bond donors (Lipinski definition) is 2. The number of benzene rings is 3. The Hall–Kier alpha value is -3.75. The van der Waals surface area contributed by atoms with Gasteiger partial charge in [0, 0.05) is 36.1 Å². The second kappa shape index (κ2) is 13.9. The lowest BCUT2D eigenvalue weighted by Gasteiger charge is -2.23. The van der Waals surface area contributed by atoms with Gasteiger partial charge in [0.15, 0.2) is 0 Å².